The summed E-state index contributed by atoms with van der Waals surface area (Å²) >= 11 is 0. The average Bonchev–Trinajstić information content (AvgIpc) is 2.80. The molecule has 2 atom stereocenters. The number of ether oxygens (including phenoxy) is 1. The summed E-state index contributed by atoms with van der Waals surface area (Å²) in [5.74, 6) is 1.28. The Morgan fingerprint density at radius 3 is 2.31 bits per heavy atom. The normalized spacial score (nSPS) is 12.6. The molecule has 0 radical (unpaired) electrons. The molecule has 0 saturated heterocycles. The summed E-state index contributed by atoms with van der Waals surface area (Å²) in [6.07, 6.45) is 4.94. The molecule has 0 fully saturated rings. The van der Waals surface area contributed by atoms with E-state index in [9.17, 15) is 9.59 Å². The van der Waals surface area contributed by atoms with E-state index in [1.165, 1.54) is 0 Å². The van der Waals surface area contributed by atoms with Crippen LogP contribution in [0.5, 0.6) is 5.75 Å². The number of rotatable bonds is 14. The van der Waals surface area contributed by atoms with E-state index < -0.39 is 0 Å². The lowest BCUT2D eigenvalue weighted by molar-refractivity contribution is -0.123. The fraction of sp³-hybridized carbons (Fsp3) is 0.481. The highest BCUT2D eigenvalue weighted by atomic mass is 16.5. The number of carbonyl (C=O) groups excluding carboxylic acids is 2. The molecule has 0 aliphatic heterocycles. The van der Waals surface area contributed by atoms with Crippen LogP contribution < -0.4 is 15.4 Å². The summed E-state index contributed by atoms with van der Waals surface area (Å²) in [5, 5.41) is 6.05. The quantitative estimate of drug-likeness (QED) is 0.426. The van der Waals surface area contributed by atoms with Gasteiger partial charge in [-0.3, -0.25) is 9.59 Å². The van der Waals surface area contributed by atoms with E-state index >= 15 is 0 Å². The molecular weight excluding hydrogens is 400 g/mol. The van der Waals surface area contributed by atoms with Crippen molar-refractivity contribution >= 4 is 11.8 Å². The Morgan fingerprint density at radius 2 is 1.66 bits per heavy atom. The molecule has 0 aliphatic rings. The monoisotopic (exact) mass is 438 g/mol. The molecule has 0 spiro atoms. The molecule has 32 heavy (non-hydrogen) atoms. The Balaban J connectivity index is 2.02. The Bertz CT molecular complexity index is 805. The van der Waals surface area contributed by atoms with E-state index in [-0.39, 0.29) is 17.9 Å². The number of nitrogens with one attached hydrogen (secondary N) is 2. The second-order valence-electron chi connectivity index (χ2n) is 8.46. The molecule has 2 aromatic carbocycles. The topological polar surface area (TPSA) is 67.4 Å². The maximum absolute atomic E-state index is 12.7. The van der Waals surface area contributed by atoms with Crippen LogP contribution in [0.25, 0.3) is 0 Å². The third-order valence-corrected chi connectivity index (χ3v) is 5.40. The molecule has 2 rings (SSSR count). The van der Waals surface area contributed by atoms with Gasteiger partial charge in [-0.2, -0.15) is 0 Å². The molecule has 1 unspecified atom stereocenters. The number of carbonyl (C=O) groups is 2. The first kappa shape index (κ1) is 25.4. The standard InChI is InChI=1S/C27H38N2O3/c1-4-6-13-26(30)28-19-25(29-27(31)18-22-11-8-7-9-12-22)23-14-16-24(17-15-23)32-20-21(3)10-5-2/h7-9,11-12,14-17,21,25H,4-6,10,13,18-20H2,1-3H3,(H,28,30)(H,29,31)/t21?,25-/m0/s1. The largest absolute Gasteiger partial charge is 0.493 e. The smallest absolute Gasteiger partial charge is 0.224 e. The van der Waals surface area contributed by atoms with Crippen LogP contribution in [-0.4, -0.2) is 25.0 Å². The molecule has 5 heteroatoms. The van der Waals surface area contributed by atoms with Crippen LogP contribution in [0.15, 0.2) is 54.6 Å². The summed E-state index contributed by atoms with van der Waals surface area (Å²) in [7, 11) is 0. The van der Waals surface area contributed by atoms with Crippen LogP contribution in [0.4, 0.5) is 0 Å². The zero-order valence-electron chi connectivity index (χ0n) is 19.7. The summed E-state index contributed by atoms with van der Waals surface area (Å²) in [5.41, 5.74) is 1.90. The minimum absolute atomic E-state index is 0.0130. The van der Waals surface area contributed by atoms with Crippen molar-refractivity contribution in [1.29, 1.82) is 0 Å². The molecule has 2 N–H and O–H groups in total. The highest BCUT2D eigenvalue weighted by molar-refractivity contribution is 5.79. The molecule has 2 aromatic rings. The highest BCUT2D eigenvalue weighted by Crippen LogP contribution is 2.19. The first-order chi connectivity index (χ1) is 15.5. The van der Waals surface area contributed by atoms with Gasteiger partial charge in [0.15, 0.2) is 0 Å². The predicted molar refractivity (Wildman–Crippen MR) is 130 cm³/mol. The van der Waals surface area contributed by atoms with Crippen LogP contribution in [0.3, 0.4) is 0 Å². The van der Waals surface area contributed by atoms with Crippen molar-refractivity contribution in [2.24, 2.45) is 5.92 Å². The zero-order valence-corrected chi connectivity index (χ0v) is 19.7. The van der Waals surface area contributed by atoms with E-state index in [0.29, 0.717) is 31.9 Å². The van der Waals surface area contributed by atoms with E-state index in [4.69, 9.17) is 4.74 Å². The second kappa shape index (κ2) is 14.3. The first-order valence-corrected chi connectivity index (χ1v) is 11.8. The van der Waals surface area contributed by atoms with E-state index in [1.54, 1.807) is 0 Å². The van der Waals surface area contributed by atoms with Crippen molar-refractivity contribution in [3.8, 4) is 5.75 Å². The van der Waals surface area contributed by atoms with Crippen LogP contribution in [-0.2, 0) is 16.0 Å². The maximum Gasteiger partial charge on any atom is 0.224 e. The predicted octanol–water partition coefficient (Wildman–Crippen LogP) is 5.21. The van der Waals surface area contributed by atoms with E-state index in [1.807, 2.05) is 54.6 Å². The Kier molecular flexibility index (Phi) is 11.4. The van der Waals surface area contributed by atoms with Gasteiger partial charge in [0.25, 0.3) is 0 Å². The molecule has 0 bridgehead atoms. The minimum Gasteiger partial charge on any atom is -0.493 e. The SMILES string of the molecule is CCCCC(=O)NC[C@H](NC(=O)Cc1ccccc1)c1ccc(OCC(C)CCC)cc1. The Hall–Kier alpha value is -2.82. The maximum atomic E-state index is 12.7. The van der Waals surface area contributed by atoms with Gasteiger partial charge < -0.3 is 15.4 Å². The summed E-state index contributed by atoms with van der Waals surface area (Å²) in [4.78, 5) is 24.8. The number of amides is 2. The van der Waals surface area contributed by atoms with Gasteiger partial charge in [0, 0.05) is 13.0 Å². The van der Waals surface area contributed by atoms with Crippen LogP contribution >= 0.6 is 0 Å². The molecule has 0 saturated carbocycles. The molecule has 2 amide bonds. The number of hydrogen-bond donors (Lipinski definition) is 2. The van der Waals surface area contributed by atoms with E-state index in [2.05, 4.69) is 31.4 Å². The highest BCUT2D eigenvalue weighted by Gasteiger charge is 2.16. The van der Waals surface area contributed by atoms with Crippen molar-refractivity contribution in [3.05, 3.63) is 65.7 Å². The van der Waals surface area contributed by atoms with Crippen molar-refractivity contribution < 1.29 is 14.3 Å². The van der Waals surface area contributed by atoms with Gasteiger partial charge in [-0.1, -0.05) is 76.1 Å². The summed E-state index contributed by atoms with van der Waals surface area (Å²) in [6, 6.07) is 17.2. The van der Waals surface area contributed by atoms with Crippen molar-refractivity contribution in [3.63, 3.8) is 0 Å². The fourth-order valence-electron chi connectivity index (χ4n) is 3.53. The zero-order chi connectivity index (χ0) is 23.2. The van der Waals surface area contributed by atoms with Gasteiger partial charge in [0.1, 0.15) is 5.75 Å². The lowest BCUT2D eigenvalue weighted by Crippen LogP contribution is -2.38. The number of benzene rings is 2. The fourth-order valence-corrected chi connectivity index (χ4v) is 3.53. The third kappa shape index (κ3) is 9.54. The Labute approximate surface area is 192 Å². The van der Waals surface area contributed by atoms with Crippen molar-refractivity contribution in [1.82, 2.24) is 10.6 Å². The molecule has 0 aliphatic carbocycles. The molecular formula is C27H38N2O3. The van der Waals surface area contributed by atoms with Gasteiger partial charge in [-0.05, 0) is 42.0 Å². The lowest BCUT2D eigenvalue weighted by atomic mass is 10.0. The summed E-state index contributed by atoms with van der Waals surface area (Å²) < 4.78 is 5.90. The first-order valence-electron chi connectivity index (χ1n) is 11.8. The van der Waals surface area contributed by atoms with Crippen LogP contribution in [0.1, 0.15) is 70.0 Å². The Morgan fingerprint density at radius 1 is 0.938 bits per heavy atom. The third-order valence-electron chi connectivity index (χ3n) is 5.40. The second-order valence-corrected chi connectivity index (χ2v) is 8.46. The number of hydrogen-bond acceptors (Lipinski definition) is 3. The molecule has 5 nitrogen and oxygen atoms in total. The summed E-state index contributed by atoms with van der Waals surface area (Å²) in [6.45, 7) is 7.48. The molecule has 0 heterocycles. The van der Waals surface area contributed by atoms with Crippen LogP contribution in [0, 0.1) is 5.92 Å². The molecule has 174 valence electrons. The van der Waals surface area contributed by atoms with Crippen molar-refractivity contribution in [2.75, 3.05) is 13.2 Å². The van der Waals surface area contributed by atoms with Gasteiger partial charge in [-0.15, -0.1) is 0 Å². The minimum atomic E-state index is -0.301. The van der Waals surface area contributed by atoms with Crippen LogP contribution in [0.2, 0.25) is 0 Å². The number of unbranched alkanes of at least 4 members (excludes halogenated alkanes) is 1. The van der Waals surface area contributed by atoms with Gasteiger partial charge in [0.05, 0.1) is 19.1 Å². The molecule has 0 aromatic heterocycles. The lowest BCUT2D eigenvalue weighted by Gasteiger charge is -2.21. The average molecular weight is 439 g/mol. The van der Waals surface area contributed by atoms with Gasteiger partial charge in [-0.25, -0.2) is 0 Å². The van der Waals surface area contributed by atoms with Gasteiger partial charge in [0.2, 0.25) is 11.8 Å². The van der Waals surface area contributed by atoms with Gasteiger partial charge >= 0.3 is 0 Å². The van der Waals surface area contributed by atoms with E-state index in [0.717, 1.165) is 42.6 Å². The van der Waals surface area contributed by atoms with Crippen molar-refractivity contribution in [2.45, 2.75) is 65.3 Å².